The standard InChI is InChI=1S/C21H23N3O3/c25-20(11-15-5-2-1-3-6-15)24-14-18(27-17-7-4-10-22-13-17)12-19(24)21(26)23-16-8-9-16/h1-7,10,13,16,18-19H,8-9,11-12,14H2,(H,23,26)/t18-,19-/m0/s1. The highest BCUT2D eigenvalue weighted by atomic mass is 16.5. The van der Waals surface area contributed by atoms with Crippen LogP contribution in [0, 0.1) is 0 Å². The summed E-state index contributed by atoms with van der Waals surface area (Å²) in [6.45, 7) is 0.406. The Labute approximate surface area is 158 Å². The molecule has 1 aromatic heterocycles. The summed E-state index contributed by atoms with van der Waals surface area (Å²) < 4.78 is 5.97. The predicted octanol–water partition coefficient (Wildman–Crippen LogP) is 1.95. The van der Waals surface area contributed by atoms with Gasteiger partial charge in [0.25, 0.3) is 0 Å². The molecular formula is C21H23N3O3. The van der Waals surface area contributed by atoms with E-state index in [1.807, 2.05) is 36.4 Å². The van der Waals surface area contributed by atoms with Gasteiger partial charge in [0, 0.05) is 18.7 Å². The molecule has 140 valence electrons. The van der Waals surface area contributed by atoms with Crippen LogP contribution in [0.4, 0.5) is 0 Å². The molecule has 1 saturated carbocycles. The Balaban J connectivity index is 1.46. The number of hydrogen-bond acceptors (Lipinski definition) is 4. The van der Waals surface area contributed by atoms with Crippen molar-refractivity contribution in [2.45, 2.75) is 43.9 Å². The lowest BCUT2D eigenvalue weighted by Crippen LogP contribution is -2.47. The van der Waals surface area contributed by atoms with Crippen molar-refractivity contribution in [2.75, 3.05) is 6.54 Å². The summed E-state index contributed by atoms with van der Waals surface area (Å²) in [6, 6.07) is 13.0. The van der Waals surface area contributed by atoms with Gasteiger partial charge in [0.15, 0.2) is 0 Å². The van der Waals surface area contributed by atoms with Crippen LogP contribution >= 0.6 is 0 Å². The average Bonchev–Trinajstić information content (AvgIpc) is 3.39. The van der Waals surface area contributed by atoms with Gasteiger partial charge >= 0.3 is 0 Å². The number of nitrogens with zero attached hydrogens (tertiary/aromatic N) is 2. The van der Waals surface area contributed by atoms with Crippen LogP contribution in [0.2, 0.25) is 0 Å². The minimum atomic E-state index is -0.483. The number of rotatable bonds is 6. The Kier molecular flexibility index (Phi) is 5.05. The summed E-state index contributed by atoms with van der Waals surface area (Å²) in [5.74, 6) is 0.534. The molecule has 2 aromatic rings. The topological polar surface area (TPSA) is 71.5 Å². The molecule has 4 rings (SSSR count). The molecule has 0 unspecified atom stereocenters. The quantitative estimate of drug-likeness (QED) is 0.849. The molecule has 2 aliphatic rings. The third kappa shape index (κ3) is 4.45. The molecule has 0 bridgehead atoms. The predicted molar refractivity (Wildman–Crippen MR) is 100 cm³/mol. The normalized spacial score (nSPS) is 21.7. The minimum Gasteiger partial charge on any atom is -0.487 e. The van der Waals surface area contributed by atoms with Crippen molar-refractivity contribution in [3.63, 3.8) is 0 Å². The average molecular weight is 365 g/mol. The molecular weight excluding hydrogens is 342 g/mol. The van der Waals surface area contributed by atoms with E-state index in [1.54, 1.807) is 23.4 Å². The van der Waals surface area contributed by atoms with Crippen LogP contribution in [-0.2, 0) is 16.0 Å². The minimum absolute atomic E-state index is 0.0468. The number of likely N-dealkylation sites (tertiary alicyclic amines) is 1. The Morgan fingerprint density at radius 3 is 2.67 bits per heavy atom. The van der Waals surface area contributed by atoms with E-state index in [-0.39, 0.29) is 30.4 Å². The van der Waals surface area contributed by atoms with Crippen molar-refractivity contribution in [3.8, 4) is 5.75 Å². The molecule has 2 fully saturated rings. The largest absolute Gasteiger partial charge is 0.487 e. The van der Waals surface area contributed by atoms with Crippen LogP contribution in [0.1, 0.15) is 24.8 Å². The fourth-order valence-corrected chi connectivity index (χ4v) is 3.41. The van der Waals surface area contributed by atoms with Crippen LogP contribution in [0.5, 0.6) is 5.75 Å². The van der Waals surface area contributed by atoms with Crippen LogP contribution in [0.3, 0.4) is 0 Å². The fraction of sp³-hybridized carbons (Fsp3) is 0.381. The smallest absolute Gasteiger partial charge is 0.243 e. The van der Waals surface area contributed by atoms with Gasteiger partial charge in [-0.1, -0.05) is 30.3 Å². The Hall–Kier alpha value is -2.89. The molecule has 1 aromatic carbocycles. The molecule has 1 saturated heterocycles. The van der Waals surface area contributed by atoms with Crippen LogP contribution in [0.25, 0.3) is 0 Å². The van der Waals surface area contributed by atoms with E-state index >= 15 is 0 Å². The highest BCUT2D eigenvalue weighted by molar-refractivity contribution is 5.89. The lowest BCUT2D eigenvalue weighted by atomic mass is 10.1. The van der Waals surface area contributed by atoms with Gasteiger partial charge in [0.1, 0.15) is 17.9 Å². The van der Waals surface area contributed by atoms with Crippen LogP contribution in [0.15, 0.2) is 54.9 Å². The van der Waals surface area contributed by atoms with Gasteiger partial charge in [0.05, 0.1) is 19.2 Å². The number of amides is 2. The van der Waals surface area contributed by atoms with Gasteiger partial charge in [-0.3, -0.25) is 14.6 Å². The maximum absolute atomic E-state index is 12.9. The first-order chi connectivity index (χ1) is 13.2. The first-order valence-electron chi connectivity index (χ1n) is 9.39. The highest BCUT2D eigenvalue weighted by Gasteiger charge is 2.41. The lowest BCUT2D eigenvalue weighted by molar-refractivity contribution is -0.138. The van der Waals surface area contributed by atoms with Crippen LogP contribution in [-0.4, -0.2) is 46.4 Å². The van der Waals surface area contributed by atoms with Crippen molar-refractivity contribution < 1.29 is 14.3 Å². The van der Waals surface area contributed by atoms with E-state index in [0.717, 1.165) is 18.4 Å². The van der Waals surface area contributed by atoms with E-state index in [9.17, 15) is 9.59 Å². The zero-order chi connectivity index (χ0) is 18.6. The van der Waals surface area contributed by atoms with E-state index in [2.05, 4.69) is 10.3 Å². The van der Waals surface area contributed by atoms with Gasteiger partial charge in [0.2, 0.25) is 11.8 Å². The summed E-state index contributed by atoms with van der Waals surface area (Å²) in [7, 11) is 0. The number of carbonyl (C=O) groups excluding carboxylic acids is 2. The van der Waals surface area contributed by atoms with Gasteiger partial charge in [-0.25, -0.2) is 0 Å². The second-order valence-electron chi connectivity index (χ2n) is 7.17. The zero-order valence-electron chi connectivity index (χ0n) is 15.1. The second-order valence-corrected chi connectivity index (χ2v) is 7.17. The number of ether oxygens (including phenoxy) is 1. The Bertz CT molecular complexity index is 793. The maximum atomic E-state index is 12.9. The molecule has 2 atom stereocenters. The molecule has 27 heavy (non-hydrogen) atoms. The first kappa shape index (κ1) is 17.5. The number of nitrogens with one attached hydrogen (secondary N) is 1. The molecule has 0 radical (unpaired) electrons. The Morgan fingerprint density at radius 1 is 1.15 bits per heavy atom. The van der Waals surface area contributed by atoms with E-state index in [0.29, 0.717) is 18.7 Å². The molecule has 6 heteroatoms. The molecule has 1 N–H and O–H groups in total. The monoisotopic (exact) mass is 365 g/mol. The first-order valence-corrected chi connectivity index (χ1v) is 9.39. The van der Waals surface area contributed by atoms with Crippen LogP contribution < -0.4 is 10.1 Å². The van der Waals surface area contributed by atoms with Gasteiger partial charge in [-0.15, -0.1) is 0 Å². The van der Waals surface area contributed by atoms with Crippen molar-refractivity contribution in [3.05, 3.63) is 60.4 Å². The SMILES string of the molecule is O=C(NC1CC1)[C@@H]1C[C@H](Oc2cccnc2)CN1C(=O)Cc1ccccc1. The zero-order valence-corrected chi connectivity index (χ0v) is 15.1. The molecule has 2 heterocycles. The molecule has 1 aliphatic heterocycles. The van der Waals surface area contributed by atoms with Gasteiger partial charge < -0.3 is 15.0 Å². The number of aromatic nitrogens is 1. The van der Waals surface area contributed by atoms with Crippen molar-refractivity contribution in [1.29, 1.82) is 0 Å². The van der Waals surface area contributed by atoms with Gasteiger partial charge in [-0.05, 0) is 30.5 Å². The van der Waals surface area contributed by atoms with Crippen molar-refractivity contribution in [1.82, 2.24) is 15.2 Å². The Morgan fingerprint density at radius 2 is 1.96 bits per heavy atom. The third-order valence-electron chi connectivity index (χ3n) is 4.94. The van der Waals surface area contributed by atoms with E-state index < -0.39 is 6.04 Å². The number of hydrogen-bond donors (Lipinski definition) is 1. The van der Waals surface area contributed by atoms with E-state index in [4.69, 9.17) is 4.74 Å². The van der Waals surface area contributed by atoms with Gasteiger partial charge in [-0.2, -0.15) is 0 Å². The number of benzene rings is 1. The maximum Gasteiger partial charge on any atom is 0.243 e. The lowest BCUT2D eigenvalue weighted by Gasteiger charge is -2.23. The van der Waals surface area contributed by atoms with E-state index in [1.165, 1.54) is 0 Å². The van der Waals surface area contributed by atoms with Crippen molar-refractivity contribution in [2.24, 2.45) is 0 Å². The second kappa shape index (κ2) is 7.78. The van der Waals surface area contributed by atoms with Crippen molar-refractivity contribution >= 4 is 11.8 Å². The summed E-state index contributed by atoms with van der Waals surface area (Å²) in [6.07, 6.45) is 5.93. The third-order valence-corrected chi connectivity index (χ3v) is 4.94. The number of pyridine rings is 1. The molecule has 2 amide bonds. The summed E-state index contributed by atoms with van der Waals surface area (Å²) in [5.41, 5.74) is 0.945. The molecule has 6 nitrogen and oxygen atoms in total. The molecule has 1 aliphatic carbocycles. The molecule has 0 spiro atoms. The summed E-state index contributed by atoms with van der Waals surface area (Å²) in [5, 5.41) is 3.03. The summed E-state index contributed by atoms with van der Waals surface area (Å²) >= 11 is 0. The summed E-state index contributed by atoms with van der Waals surface area (Å²) in [4.78, 5) is 31.3. The highest BCUT2D eigenvalue weighted by Crippen LogP contribution is 2.26. The number of carbonyl (C=O) groups is 2. The fourth-order valence-electron chi connectivity index (χ4n) is 3.41.